The number of morpholine rings is 3. The van der Waals surface area contributed by atoms with Gasteiger partial charge >= 0.3 is 0 Å². The lowest BCUT2D eigenvalue weighted by atomic mass is 9.86. The molecule has 8 aromatic carbocycles. The molecule has 16 rings (SSSR count). The highest BCUT2D eigenvalue weighted by Crippen LogP contribution is 2.39. The van der Waals surface area contributed by atoms with Crippen LogP contribution in [0.5, 0.6) is 0 Å². The maximum atomic E-state index is 15.1. The van der Waals surface area contributed by atoms with Gasteiger partial charge in [0.2, 0.25) is 23.8 Å². The lowest BCUT2D eigenvalue weighted by Crippen LogP contribution is -2.43. The molecule has 0 radical (unpaired) electrons. The average molecular weight is 1930 g/mol. The zero-order chi connectivity index (χ0) is 102. The molecular weight excluding hydrogens is 1800 g/mol. The lowest BCUT2D eigenvalue weighted by molar-refractivity contribution is 0.0497. The zero-order valence-electron chi connectivity index (χ0n) is 85.4. The molecule has 4 amide bonds. The van der Waals surface area contributed by atoms with Gasteiger partial charge < -0.3 is 58.1 Å². The fourth-order valence-corrected chi connectivity index (χ4v) is 17.7. The van der Waals surface area contributed by atoms with Crippen molar-refractivity contribution in [2.75, 3.05) is 130 Å². The molecule has 0 N–H and O–H groups in total. The summed E-state index contributed by atoms with van der Waals surface area (Å²) >= 11 is 0. The predicted molar refractivity (Wildman–Crippen MR) is 555 cm³/mol. The first kappa shape index (κ1) is 106. The van der Waals surface area contributed by atoms with Crippen molar-refractivity contribution in [3.63, 3.8) is 0 Å². The van der Waals surface area contributed by atoms with Gasteiger partial charge in [0.25, 0.3) is 23.6 Å². The van der Waals surface area contributed by atoms with E-state index in [2.05, 4.69) is 100.0 Å². The molecule has 28 heteroatoms. The molecule has 8 heterocycles. The van der Waals surface area contributed by atoms with Gasteiger partial charge in [0, 0.05) is 125 Å². The van der Waals surface area contributed by atoms with Crippen molar-refractivity contribution in [1.82, 2.24) is 54.6 Å². The Bertz CT molecular complexity index is 6060. The van der Waals surface area contributed by atoms with E-state index in [1.54, 1.807) is 115 Å². The van der Waals surface area contributed by atoms with E-state index in [0.29, 0.717) is 214 Å². The summed E-state index contributed by atoms with van der Waals surface area (Å²) in [6.07, 6.45) is 4.04. The van der Waals surface area contributed by atoms with Crippen LogP contribution in [0.2, 0.25) is 0 Å². The Kier molecular flexibility index (Phi) is 36.5. The molecule has 4 saturated heterocycles. The minimum atomic E-state index is -0.434. The number of aryl methyl sites for hydroxylation is 4. The number of hydrogen-bond donors (Lipinski definition) is 0. The number of carbonyl (C=O) groups is 4. The molecule has 4 fully saturated rings. The topological polar surface area (TPSA) is 234 Å². The minimum absolute atomic E-state index is 0.0530. The Balaban J connectivity index is 0.000000159. The molecule has 1 unspecified atom stereocenters. The average Bonchev–Trinajstić information content (AvgIpc) is 0.780. The molecule has 142 heavy (non-hydrogen) atoms. The third-order valence-corrected chi connectivity index (χ3v) is 25.8. The van der Waals surface area contributed by atoms with Gasteiger partial charge in [0.15, 0.2) is 0 Å². The summed E-state index contributed by atoms with van der Waals surface area (Å²) in [7, 11) is 1.63. The van der Waals surface area contributed by atoms with E-state index < -0.39 is 23.3 Å². The first-order valence-corrected chi connectivity index (χ1v) is 49.4. The van der Waals surface area contributed by atoms with Crippen molar-refractivity contribution in [3.05, 3.63) is 302 Å². The smallest absolute Gasteiger partial charge is 0.262 e. The fraction of sp³-hybridized carbons (Fsp3) is 0.404. The molecule has 0 spiro atoms. The van der Waals surface area contributed by atoms with Crippen LogP contribution in [0.15, 0.2) is 206 Å². The van der Waals surface area contributed by atoms with Gasteiger partial charge in [-0.15, -0.1) is 0 Å². The van der Waals surface area contributed by atoms with Gasteiger partial charge in [-0.25, -0.2) is 57.4 Å². The van der Waals surface area contributed by atoms with Gasteiger partial charge in [0.05, 0.1) is 120 Å². The van der Waals surface area contributed by atoms with Crippen LogP contribution in [0.4, 0.5) is 47.0 Å². The van der Waals surface area contributed by atoms with E-state index in [4.69, 9.17) is 53.8 Å². The second kappa shape index (κ2) is 48.9. The van der Waals surface area contributed by atoms with Crippen molar-refractivity contribution in [1.29, 1.82) is 0 Å². The summed E-state index contributed by atoms with van der Waals surface area (Å²) in [5.74, 6) is -0.549. The van der Waals surface area contributed by atoms with Crippen molar-refractivity contribution in [3.8, 4) is 45.0 Å². The van der Waals surface area contributed by atoms with Gasteiger partial charge in [-0.05, 0) is 194 Å². The molecule has 4 aliphatic rings. The summed E-state index contributed by atoms with van der Waals surface area (Å²) in [5, 5.41) is 0. The molecule has 4 aliphatic heterocycles. The van der Waals surface area contributed by atoms with E-state index in [0.717, 1.165) is 48.3 Å². The zero-order valence-corrected chi connectivity index (χ0v) is 85.4. The first-order chi connectivity index (χ1) is 68.1. The van der Waals surface area contributed by atoms with Crippen LogP contribution in [0, 0.1) is 51.0 Å². The van der Waals surface area contributed by atoms with Crippen LogP contribution in [-0.4, -0.2) is 208 Å². The number of aromatic nitrogens is 8. The number of halogens is 4. The quantitative estimate of drug-likeness (QED) is 0.0458. The van der Waals surface area contributed by atoms with Crippen LogP contribution in [0.1, 0.15) is 208 Å². The van der Waals surface area contributed by atoms with Crippen LogP contribution in [0.25, 0.3) is 45.0 Å². The van der Waals surface area contributed by atoms with Crippen LogP contribution < -0.4 is 24.5 Å². The molecule has 0 aliphatic carbocycles. The van der Waals surface area contributed by atoms with Crippen LogP contribution >= 0.6 is 0 Å². The normalized spacial score (nSPS) is 14.2. The SMILES string of the molecule is CCC(COC)N(Cc1ccccc1)C(=O)c1c(C)nc(N2CCOCC2)nc1-c1ccccc1F.Cc1nc(N2CCCCC2)nc(-c2ccccc2F)c1C(=O)N(Cc1ccc(C(C)(C)C)cc1)C(C)C.Cc1nc(N2CCOCC2)nc(-c2ccccc2F)c1C(=O)N(Cc1ccc(C(C)(C)C)cc1)C(C)C.Cc1nc(N2CCOCC2)nc(-c2ccccc2F)c1C(=O)N(c1ccccc1)C(C)C. The van der Waals surface area contributed by atoms with Crippen molar-refractivity contribution < 1.29 is 55.7 Å². The largest absolute Gasteiger partial charge is 0.383 e. The number of carbonyl (C=O) groups excluding carboxylic acids is 4. The van der Waals surface area contributed by atoms with E-state index in [-0.39, 0.29) is 69.8 Å². The fourth-order valence-electron chi connectivity index (χ4n) is 17.7. The molecule has 0 bridgehead atoms. The number of piperidine rings is 1. The number of rotatable bonds is 26. The summed E-state index contributed by atoms with van der Waals surface area (Å²) in [6.45, 7) is 44.9. The Morgan fingerprint density at radius 2 is 0.620 bits per heavy atom. The number of benzene rings is 8. The van der Waals surface area contributed by atoms with Gasteiger partial charge in [0.1, 0.15) is 23.3 Å². The number of para-hydroxylation sites is 1. The van der Waals surface area contributed by atoms with Crippen molar-refractivity contribution in [2.24, 2.45) is 0 Å². The molecule has 24 nitrogen and oxygen atoms in total. The van der Waals surface area contributed by atoms with E-state index in [9.17, 15) is 23.6 Å². The second-order valence-electron chi connectivity index (χ2n) is 39.1. The molecule has 12 aromatic rings. The van der Waals surface area contributed by atoms with E-state index >= 15 is 13.2 Å². The van der Waals surface area contributed by atoms with Gasteiger partial charge in [-0.1, -0.05) is 194 Å². The lowest BCUT2D eigenvalue weighted by Gasteiger charge is -2.32. The monoisotopic (exact) mass is 1930 g/mol. The van der Waals surface area contributed by atoms with E-state index in [1.807, 2.05) is 136 Å². The highest BCUT2D eigenvalue weighted by Gasteiger charge is 2.37. The standard InChI is InChI=1S/C31H39FN4O.C30H37FN4O2.C28H33FN4O3.C25H27FN4O2/c1-21(2)36(20-23-14-16-24(17-15-23)31(4,5)6)29(37)27-22(3)33-30(35-18-10-7-11-19-35)34-28(27)25-12-8-9-13-26(25)32;1-20(2)35(19-22-11-13-23(14-12-22)30(4,5)6)28(36)26-21(3)32-29(34-15-17-37-18-16-34)33-27(26)24-9-7-8-10-25(24)31;1-4-22(19-35-3)33(18-21-10-6-5-7-11-21)27(34)25-20(2)30-28(32-14-16-36-17-15-32)31-26(25)23-12-8-9-13-24(23)29;1-17(2)30(19-9-5-4-6-10-19)24(31)22-18(3)27-25(29-13-15-32-16-14-29)28-23(22)20-11-7-8-12-21(20)26/h8-9,12-17,21H,7,10-11,18-20H2,1-6H3;7-14,20H,15-19H2,1-6H3;5-13,22H,4,14-19H2,1-3H3;4-12,17H,13-16H2,1-3H3. The Morgan fingerprint density at radius 3 is 0.908 bits per heavy atom. The number of nitrogens with zero attached hydrogens (tertiary/aromatic N) is 16. The summed E-state index contributed by atoms with van der Waals surface area (Å²) in [4.78, 5) is 110. The number of ether oxygens (including phenoxy) is 4. The maximum absolute atomic E-state index is 15.1. The van der Waals surface area contributed by atoms with Gasteiger partial charge in [-0.3, -0.25) is 19.2 Å². The maximum Gasteiger partial charge on any atom is 0.262 e. The van der Waals surface area contributed by atoms with E-state index in [1.165, 1.54) is 41.8 Å². The molecule has 748 valence electrons. The highest BCUT2D eigenvalue weighted by atomic mass is 19.1. The summed E-state index contributed by atoms with van der Waals surface area (Å²) in [5.41, 5.74) is 12.4. The van der Waals surface area contributed by atoms with Crippen LogP contribution in [0.3, 0.4) is 0 Å². The molecular formula is C114H136F4N16O8. The number of methoxy groups -OCH3 is 1. The van der Waals surface area contributed by atoms with Crippen LogP contribution in [-0.2, 0) is 49.4 Å². The Morgan fingerprint density at radius 1 is 0.345 bits per heavy atom. The molecule has 0 saturated carbocycles. The Labute approximate surface area is 834 Å². The number of amides is 4. The predicted octanol–water partition coefficient (Wildman–Crippen LogP) is 21.7. The van der Waals surface area contributed by atoms with Crippen molar-refractivity contribution >= 4 is 53.1 Å². The number of anilines is 5. The first-order valence-electron chi connectivity index (χ1n) is 49.4. The third-order valence-electron chi connectivity index (χ3n) is 25.8. The summed E-state index contributed by atoms with van der Waals surface area (Å²) in [6, 6.07) is 61.5. The molecule has 1 atom stereocenters. The second-order valence-corrected chi connectivity index (χ2v) is 39.1. The number of hydrogen-bond acceptors (Lipinski definition) is 20. The molecule has 4 aromatic heterocycles. The minimum Gasteiger partial charge on any atom is -0.383 e. The Hall–Kier alpha value is -13.3. The summed E-state index contributed by atoms with van der Waals surface area (Å²) < 4.78 is 81.9. The van der Waals surface area contributed by atoms with Crippen molar-refractivity contribution in [2.45, 2.75) is 198 Å². The third kappa shape index (κ3) is 26.3. The van der Waals surface area contributed by atoms with Gasteiger partial charge in [-0.2, -0.15) is 0 Å². The highest BCUT2D eigenvalue weighted by molar-refractivity contribution is 6.11.